The summed E-state index contributed by atoms with van der Waals surface area (Å²) in [6, 6.07) is 21.9. The number of nitrogens with one attached hydrogen (secondary N) is 1. The van der Waals surface area contributed by atoms with Crippen LogP contribution in [0.2, 0.25) is 6.32 Å². The van der Waals surface area contributed by atoms with E-state index in [1.165, 1.54) is 86.6 Å². The van der Waals surface area contributed by atoms with Crippen molar-refractivity contribution in [2.75, 3.05) is 33.2 Å². The van der Waals surface area contributed by atoms with Crippen LogP contribution in [-0.4, -0.2) is 85.1 Å². The maximum Gasteiger partial charge on any atom is 0.252 e. The summed E-state index contributed by atoms with van der Waals surface area (Å²) in [5.74, 6) is 2.72. The lowest BCUT2D eigenvalue weighted by atomic mass is 9.68. The molecule has 1 N–H and O–H groups in total. The summed E-state index contributed by atoms with van der Waals surface area (Å²) in [5, 5.41) is 2.59. The number of amides is 1. The number of rotatable bonds is 8. The molecule has 0 saturated heterocycles. The fourth-order valence-electron chi connectivity index (χ4n) is 7.18. The predicted molar refractivity (Wildman–Crippen MR) is 224 cm³/mol. The molecule has 2 saturated carbocycles. The first-order valence-electron chi connectivity index (χ1n) is 18.9. The topological polar surface area (TPSA) is 96.9 Å². The van der Waals surface area contributed by atoms with Gasteiger partial charge < -0.3 is 19.6 Å². The smallest absolute Gasteiger partial charge is 0.252 e. The second-order valence-electron chi connectivity index (χ2n) is 14.0. The molecule has 2 aromatic carbocycles. The molecule has 2 aliphatic heterocycles. The van der Waals surface area contributed by atoms with Crippen molar-refractivity contribution in [3.63, 3.8) is 0 Å². The Hall–Kier alpha value is -3.81. The molecule has 4 aliphatic rings. The molecule has 2 aliphatic carbocycles. The first kappa shape index (κ1) is 41.4. The van der Waals surface area contributed by atoms with Crippen molar-refractivity contribution < 1.29 is 19.1 Å². The highest BCUT2D eigenvalue weighted by Crippen LogP contribution is 2.31. The van der Waals surface area contributed by atoms with Gasteiger partial charge in [-0.25, -0.2) is 9.97 Å². The largest absolute Gasteiger partial charge is 0.439 e. The summed E-state index contributed by atoms with van der Waals surface area (Å²) in [6.45, 7) is 4.69. The van der Waals surface area contributed by atoms with E-state index >= 15 is 0 Å². The Morgan fingerprint density at radius 2 is 1.22 bits per heavy atom. The number of carbonyl (C=O) groups is 2. The zero-order chi connectivity index (χ0) is 37.0. The van der Waals surface area contributed by atoms with Gasteiger partial charge in [0.2, 0.25) is 11.8 Å². The minimum atomic E-state index is -0.148. The van der Waals surface area contributed by atoms with E-state index in [1.54, 1.807) is 19.2 Å². The molecule has 0 unspecified atom stereocenters. The van der Waals surface area contributed by atoms with Crippen molar-refractivity contribution in [2.45, 2.75) is 90.0 Å². The van der Waals surface area contributed by atoms with Gasteiger partial charge in [-0.15, -0.1) is 0 Å². The van der Waals surface area contributed by atoms with Gasteiger partial charge in [-0.05, 0) is 139 Å². The summed E-state index contributed by atoms with van der Waals surface area (Å²) >= 11 is 2.25. The van der Waals surface area contributed by atoms with Crippen LogP contribution in [0.4, 0.5) is 0 Å². The third kappa shape index (κ3) is 11.4. The Balaban J connectivity index is 0.000000187. The summed E-state index contributed by atoms with van der Waals surface area (Å²) < 4.78 is 12.9. The van der Waals surface area contributed by atoms with Crippen molar-refractivity contribution in [2.24, 2.45) is 0 Å². The van der Waals surface area contributed by atoms with Crippen LogP contribution < -0.4 is 14.8 Å². The molecule has 2 aromatic heterocycles. The maximum atomic E-state index is 11.6. The van der Waals surface area contributed by atoms with E-state index in [1.807, 2.05) is 24.4 Å². The lowest BCUT2D eigenvalue weighted by Gasteiger charge is -2.36. The van der Waals surface area contributed by atoms with E-state index in [2.05, 4.69) is 85.9 Å². The molecule has 54 heavy (non-hydrogen) atoms. The molecule has 284 valence electrons. The van der Waals surface area contributed by atoms with Crippen molar-refractivity contribution in [1.82, 2.24) is 25.1 Å². The highest BCUT2D eigenvalue weighted by molar-refractivity contribution is 14.1. The first-order chi connectivity index (χ1) is 25.9. The van der Waals surface area contributed by atoms with Crippen LogP contribution in [0.15, 0.2) is 73.1 Å². The Morgan fingerprint density at radius 1 is 0.759 bits per heavy atom. The molecule has 4 aromatic rings. The van der Waals surface area contributed by atoms with Gasteiger partial charge in [0.15, 0.2) is 0 Å². The number of ether oxygens (including phenoxy) is 2. The van der Waals surface area contributed by atoms with Gasteiger partial charge in [0.05, 0.1) is 13.4 Å². The second-order valence-corrected chi connectivity index (χ2v) is 15.2. The maximum absolute atomic E-state index is 11.6. The fourth-order valence-corrected chi connectivity index (χ4v) is 7.50. The minimum Gasteiger partial charge on any atom is -0.439 e. The molecule has 9 nitrogen and oxygen atoms in total. The molecule has 8 rings (SSSR count). The van der Waals surface area contributed by atoms with E-state index in [4.69, 9.17) is 14.3 Å². The van der Waals surface area contributed by atoms with Gasteiger partial charge >= 0.3 is 0 Å². The number of hydrogen-bond acceptors (Lipinski definition) is 8. The molecule has 2 radical (unpaired) electrons. The zero-order valence-electron chi connectivity index (χ0n) is 30.6. The molecule has 2 fully saturated rings. The zero-order valence-corrected chi connectivity index (χ0v) is 32.8. The molecule has 0 bridgehead atoms. The van der Waals surface area contributed by atoms with Gasteiger partial charge in [-0.3, -0.25) is 14.6 Å². The van der Waals surface area contributed by atoms with Crippen LogP contribution in [0.25, 0.3) is 0 Å². The Kier molecular flexibility index (Phi) is 15.9. The Bertz CT molecular complexity index is 1800. The summed E-state index contributed by atoms with van der Waals surface area (Å²) in [7, 11) is 6.27. The number of aromatic nitrogens is 2. The van der Waals surface area contributed by atoms with Gasteiger partial charge in [-0.1, -0.05) is 32.4 Å². The van der Waals surface area contributed by atoms with Crippen LogP contribution in [0, 0.1) is 3.57 Å². The number of halogens is 1. The summed E-state index contributed by atoms with van der Waals surface area (Å²) in [6.07, 6.45) is 16.9. The standard InChI is InChI=1S/C21H25N3O2.C19H21IN2O.C2H3BO.CH4/c1-22-21(25)17-6-8-20(23-14-17)26-19-7-5-15-9-11-24(18-3-2-4-18)12-10-16(15)13-19;20-16-5-7-19(21-13-16)23-18-6-4-14-8-10-22(17-2-1-3-17)11-9-15(14)12-18;3-1-2-4;/h5-8,13-14,18H,2-4,9-12H2,1H3,(H,22,25);4-7,12-13,17H,1-3,8-11H2;2H,1H2;1H4/i21-1;;1-1;. The molecule has 1 amide bonds. The normalized spacial score (nSPS) is 17.0. The van der Waals surface area contributed by atoms with Crippen molar-refractivity contribution in [1.29, 1.82) is 0 Å². The molecule has 0 atom stereocenters. The SMILES string of the molecule is C.CN[11C](=O)c1ccc(Oc2ccc3c(c2)CCN(C2CCC2)CC3)nc1.Ic1ccc(Oc2ccc3c(c2)CCN(C2CCC2)CC3)nc1.[B][11CH2]C=O. The third-order valence-corrected chi connectivity index (χ3v) is 11.3. The van der Waals surface area contributed by atoms with Crippen LogP contribution in [0.1, 0.15) is 78.6 Å². The minimum absolute atomic E-state index is 0. The molecular weight excluding hydrogens is 786 g/mol. The van der Waals surface area contributed by atoms with E-state index in [0.29, 0.717) is 23.6 Å². The number of pyridine rings is 2. The van der Waals surface area contributed by atoms with Gasteiger partial charge in [0, 0.05) is 73.4 Å². The average molecular weight is 840 g/mol. The van der Waals surface area contributed by atoms with Gasteiger partial charge in [0.25, 0.3) is 5.91 Å². The van der Waals surface area contributed by atoms with E-state index < -0.39 is 0 Å². The number of hydrogen-bond donors (Lipinski definition) is 1. The van der Waals surface area contributed by atoms with Gasteiger partial charge in [-0.2, -0.15) is 0 Å². The van der Waals surface area contributed by atoms with Crippen LogP contribution in [0.3, 0.4) is 0 Å². The third-order valence-electron chi connectivity index (χ3n) is 10.7. The van der Waals surface area contributed by atoms with Crippen molar-refractivity contribution >= 4 is 42.6 Å². The van der Waals surface area contributed by atoms with Gasteiger partial charge in [0.1, 0.15) is 17.8 Å². The molecular formula is C43H53BIN5O4. The van der Waals surface area contributed by atoms with E-state index in [9.17, 15) is 4.79 Å². The summed E-state index contributed by atoms with van der Waals surface area (Å²) in [5.41, 5.74) is 6.26. The highest BCUT2D eigenvalue weighted by Gasteiger charge is 2.27. The highest BCUT2D eigenvalue weighted by atomic mass is 127. The number of aldehydes is 1. The quantitative estimate of drug-likeness (QED) is 0.108. The van der Waals surface area contributed by atoms with Crippen LogP contribution >= 0.6 is 22.6 Å². The molecule has 0 spiro atoms. The molecule has 4 heterocycles. The second kappa shape index (κ2) is 20.8. The summed E-state index contributed by atoms with van der Waals surface area (Å²) in [4.78, 5) is 34.5. The lowest BCUT2D eigenvalue weighted by Crippen LogP contribution is -2.41. The lowest BCUT2D eigenvalue weighted by molar-refractivity contribution is -0.106. The Morgan fingerprint density at radius 3 is 1.59 bits per heavy atom. The van der Waals surface area contributed by atoms with Crippen molar-refractivity contribution in [3.8, 4) is 23.3 Å². The van der Waals surface area contributed by atoms with E-state index in [-0.39, 0.29) is 19.7 Å². The predicted octanol–water partition coefficient (Wildman–Crippen LogP) is 8.03. The monoisotopic (exact) mass is 839 g/mol. The first-order valence-corrected chi connectivity index (χ1v) is 20.0. The number of nitrogens with zero attached hydrogens (tertiary/aromatic N) is 4. The fraction of sp³-hybridized carbons (Fsp3) is 0.442. The number of fused-ring (bicyclic) bond motifs is 2. The average Bonchev–Trinajstić information content (AvgIpc) is 3.48. The Labute approximate surface area is 336 Å². The van der Waals surface area contributed by atoms with E-state index in [0.717, 1.165) is 59.4 Å². The molecule has 11 heteroatoms. The number of benzene rings is 2. The van der Waals surface area contributed by atoms with Crippen LogP contribution in [-0.2, 0) is 30.5 Å². The van der Waals surface area contributed by atoms with Crippen LogP contribution in [0.5, 0.6) is 23.3 Å². The van der Waals surface area contributed by atoms with Crippen molar-refractivity contribution in [3.05, 3.63) is 104 Å². The number of carbonyl (C=O) groups excluding carboxylic acids is 2.